The first-order valence-corrected chi connectivity index (χ1v) is 5.24. The third-order valence-corrected chi connectivity index (χ3v) is 2.59. The molecular formula is C13H11N3O. The molecule has 0 spiro atoms. The second-order valence-corrected chi connectivity index (χ2v) is 3.69. The number of hydrogen-bond donors (Lipinski definition) is 1. The fourth-order valence-corrected chi connectivity index (χ4v) is 1.82. The molecule has 0 fully saturated rings. The summed E-state index contributed by atoms with van der Waals surface area (Å²) >= 11 is 0. The van der Waals surface area contributed by atoms with Gasteiger partial charge in [-0.2, -0.15) is 10.4 Å². The van der Waals surface area contributed by atoms with Crippen molar-refractivity contribution in [2.75, 3.05) is 0 Å². The van der Waals surface area contributed by atoms with E-state index >= 15 is 0 Å². The molecule has 0 saturated heterocycles. The summed E-state index contributed by atoms with van der Waals surface area (Å²) < 4.78 is 0. The lowest BCUT2D eigenvalue weighted by Gasteiger charge is -2.07. The lowest BCUT2D eigenvalue weighted by Crippen LogP contribution is -2.14. The summed E-state index contributed by atoms with van der Waals surface area (Å²) in [6, 6.07) is 11.5. The monoisotopic (exact) mass is 225 g/mol. The molecule has 1 aromatic rings. The first kappa shape index (κ1) is 11.1. The number of carbonyl (C=O) groups excluding carboxylic acids is 1. The molecule has 4 heteroatoms. The number of nitriles is 1. The largest absolute Gasteiger partial charge is 0.273 e. The van der Waals surface area contributed by atoms with Gasteiger partial charge in [0.15, 0.2) is 0 Å². The first-order chi connectivity index (χ1) is 8.24. The van der Waals surface area contributed by atoms with Crippen LogP contribution < -0.4 is 5.43 Å². The highest BCUT2D eigenvalue weighted by Crippen LogP contribution is 2.24. The fourth-order valence-electron chi connectivity index (χ4n) is 1.82. The van der Waals surface area contributed by atoms with E-state index in [1.54, 1.807) is 6.92 Å². The zero-order chi connectivity index (χ0) is 12.3. The normalized spacial score (nSPS) is 17.2. The number of benzene rings is 1. The number of nitrogens with zero attached hydrogens (tertiary/aromatic N) is 2. The maximum Gasteiger partial charge on any atom is 0.273 e. The van der Waals surface area contributed by atoms with Gasteiger partial charge in [0, 0.05) is 0 Å². The van der Waals surface area contributed by atoms with Crippen LogP contribution >= 0.6 is 0 Å². The van der Waals surface area contributed by atoms with Gasteiger partial charge < -0.3 is 0 Å². The van der Waals surface area contributed by atoms with Gasteiger partial charge in [-0.3, -0.25) is 4.79 Å². The minimum absolute atomic E-state index is 0.194. The van der Waals surface area contributed by atoms with E-state index in [0.717, 1.165) is 11.1 Å². The van der Waals surface area contributed by atoms with Gasteiger partial charge in [-0.15, -0.1) is 0 Å². The quantitative estimate of drug-likeness (QED) is 0.781. The van der Waals surface area contributed by atoms with Gasteiger partial charge in [0.25, 0.3) is 5.91 Å². The smallest absolute Gasteiger partial charge is 0.267 e. The Labute approximate surface area is 99.3 Å². The molecule has 17 heavy (non-hydrogen) atoms. The molecule has 1 aromatic carbocycles. The summed E-state index contributed by atoms with van der Waals surface area (Å²) in [7, 11) is 0. The third-order valence-electron chi connectivity index (χ3n) is 2.59. The minimum Gasteiger partial charge on any atom is -0.267 e. The molecular weight excluding hydrogens is 214 g/mol. The van der Waals surface area contributed by atoms with Crippen LogP contribution in [0.2, 0.25) is 0 Å². The number of carbonyl (C=O) groups is 1. The van der Waals surface area contributed by atoms with E-state index in [4.69, 9.17) is 5.26 Å². The van der Waals surface area contributed by atoms with Crippen LogP contribution in [0.25, 0.3) is 5.57 Å². The Balaban J connectivity index is 2.57. The highest BCUT2D eigenvalue weighted by atomic mass is 16.2. The maximum absolute atomic E-state index is 11.7. The molecule has 0 unspecified atom stereocenters. The second kappa shape index (κ2) is 4.62. The molecule has 0 bridgehead atoms. The van der Waals surface area contributed by atoms with E-state index < -0.39 is 0 Å². The van der Waals surface area contributed by atoms with Crippen molar-refractivity contribution in [1.29, 1.82) is 5.26 Å². The van der Waals surface area contributed by atoms with Crippen molar-refractivity contribution >= 4 is 17.2 Å². The van der Waals surface area contributed by atoms with E-state index in [-0.39, 0.29) is 12.3 Å². The van der Waals surface area contributed by atoms with E-state index in [9.17, 15) is 4.79 Å². The zero-order valence-electron chi connectivity index (χ0n) is 9.40. The predicted molar refractivity (Wildman–Crippen MR) is 64.8 cm³/mol. The molecule has 2 rings (SSSR count). The molecule has 0 radical (unpaired) electrons. The van der Waals surface area contributed by atoms with Gasteiger partial charge in [0.05, 0.1) is 23.8 Å². The van der Waals surface area contributed by atoms with Crippen LogP contribution in [0.3, 0.4) is 0 Å². The standard InChI is InChI=1S/C13H11N3O/c1-9-12(13(17)16-15-9)11(7-8-14)10-5-3-2-4-6-10/h2-6H,7H2,1H3,(H,16,17)/b12-11+. The van der Waals surface area contributed by atoms with E-state index in [2.05, 4.69) is 16.6 Å². The van der Waals surface area contributed by atoms with Crippen LogP contribution in [0.15, 0.2) is 41.0 Å². The summed E-state index contributed by atoms with van der Waals surface area (Å²) in [5.74, 6) is -0.239. The van der Waals surface area contributed by atoms with Crippen LogP contribution in [0.4, 0.5) is 0 Å². The minimum atomic E-state index is -0.239. The number of hydrogen-bond acceptors (Lipinski definition) is 3. The molecule has 0 aliphatic carbocycles. The number of allylic oxidation sites excluding steroid dienone is 1. The summed E-state index contributed by atoms with van der Waals surface area (Å²) in [6.45, 7) is 1.76. The van der Waals surface area contributed by atoms with Crippen LogP contribution in [0, 0.1) is 11.3 Å². The molecule has 4 nitrogen and oxygen atoms in total. The van der Waals surface area contributed by atoms with Crippen molar-refractivity contribution in [3.63, 3.8) is 0 Å². The van der Waals surface area contributed by atoms with Crippen LogP contribution in [0.5, 0.6) is 0 Å². The number of nitrogens with one attached hydrogen (secondary N) is 1. The van der Waals surface area contributed by atoms with Crippen molar-refractivity contribution in [2.45, 2.75) is 13.3 Å². The Kier molecular flexibility index (Phi) is 3.01. The lowest BCUT2D eigenvalue weighted by atomic mass is 9.95. The first-order valence-electron chi connectivity index (χ1n) is 5.24. The highest BCUT2D eigenvalue weighted by Gasteiger charge is 2.23. The predicted octanol–water partition coefficient (Wildman–Crippen LogP) is 1.86. The van der Waals surface area contributed by atoms with Crippen LogP contribution in [-0.2, 0) is 4.79 Å². The average Bonchev–Trinajstić information content (AvgIpc) is 2.68. The number of amides is 1. The van der Waals surface area contributed by atoms with Crippen LogP contribution in [0.1, 0.15) is 18.9 Å². The molecule has 0 saturated carbocycles. The summed E-state index contributed by atoms with van der Waals surface area (Å²) in [5, 5.41) is 12.8. The molecule has 1 amide bonds. The van der Waals surface area contributed by atoms with Gasteiger partial charge >= 0.3 is 0 Å². The number of hydrazone groups is 1. The van der Waals surface area contributed by atoms with Crippen molar-refractivity contribution in [3.05, 3.63) is 41.5 Å². The molecule has 0 atom stereocenters. The van der Waals surface area contributed by atoms with Crippen LogP contribution in [-0.4, -0.2) is 11.6 Å². The maximum atomic E-state index is 11.7. The van der Waals surface area contributed by atoms with Crippen molar-refractivity contribution in [1.82, 2.24) is 5.43 Å². The SMILES string of the molecule is CC1=NNC(=O)/C1=C(\CC#N)c1ccccc1. The van der Waals surface area contributed by atoms with E-state index in [1.165, 1.54) is 0 Å². The molecule has 1 heterocycles. The van der Waals surface area contributed by atoms with Gasteiger partial charge in [0.1, 0.15) is 0 Å². The Morgan fingerprint density at radius 1 is 1.41 bits per heavy atom. The summed E-state index contributed by atoms with van der Waals surface area (Å²) in [5.41, 5.74) is 5.16. The van der Waals surface area contributed by atoms with E-state index in [1.807, 2.05) is 30.3 Å². The summed E-state index contributed by atoms with van der Waals surface area (Å²) in [4.78, 5) is 11.7. The van der Waals surface area contributed by atoms with Crippen molar-refractivity contribution in [2.24, 2.45) is 5.10 Å². The highest BCUT2D eigenvalue weighted by molar-refractivity contribution is 6.28. The fraction of sp³-hybridized carbons (Fsp3) is 0.154. The molecule has 84 valence electrons. The Bertz CT molecular complexity index is 550. The number of rotatable bonds is 2. The van der Waals surface area contributed by atoms with Crippen molar-refractivity contribution < 1.29 is 4.79 Å². The second-order valence-electron chi connectivity index (χ2n) is 3.69. The van der Waals surface area contributed by atoms with Crippen molar-refractivity contribution in [3.8, 4) is 6.07 Å². The molecule has 1 aliphatic heterocycles. The average molecular weight is 225 g/mol. The Morgan fingerprint density at radius 3 is 2.65 bits per heavy atom. The Hall–Kier alpha value is -2.41. The van der Waals surface area contributed by atoms with Gasteiger partial charge in [0.2, 0.25) is 0 Å². The molecule has 1 N–H and O–H groups in total. The van der Waals surface area contributed by atoms with Gasteiger partial charge in [-0.05, 0) is 18.1 Å². The van der Waals surface area contributed by atoms with Gasteiger partial charge in [-0.25, -0.2) is 5.43 Å². The Morgan fingerprint density at radius 2 is 2.12 bits per heavy atom. The molecule has 1 aliphatic rings. The molecule has 0 aromatic heterocycles. The van der Waals surface area contributed by atoms with E-state index in [0.29, 0.717) is 11.3 Å². The lowest BCUT2D eigenvalue weighted by molar-refractivity contribution is -0.116. The zero-order valence-corrected chi connectivity index (χ0v) is 9.40. The third kappa shape index (κ3) is 2.08. The van der Waals surface area contributed by atoms with Gasteiger partial charge in [-0.1, -0.05) is 30.3 Å². The topological polar surface area (TPSA) is 65.2 Å². The summed E-state index contributed by atoms with van der Waals surface area (Å²) in [6.07, 6.45) is 0.194.